The Morgan fingerprint density at radius 2 is 0.592 bits per heavy atom. The summed E-state index contributed by atoms with van der Waals surface area (Å²) in [5, 5.41) is 29.1. The van der Waals surface area contributed by atoms with Gasteiger partial charge in [-0.3, -0.25) is 28.8 Å². The van der Waals surface area contributed by atoms with Crippen LogP contribution >= 0.6 is 0 Å². The Bertz CT molecular complexity index is 5020. The minimum absolute atomic E-state index is 0.00145. The first-order valence-electron chi connectivity index (χ1n) is 40.9. The highest BCUT2D eigenvalue weighted by molar-refractivity contribution is 6.74. The van der Waals surface area contributed by atoms with Crippen LogP contribution in [-0.4, -0.2) is 249 Å². The SMILES string of the molecule is CC(=O)CCC(=O)OC1[C@@H](CO)O[C@@H](n2cc3c4c(ncnc42)N(C)N=C3N)[C@H]1OC(=O)CCC(C)=O.CC(=O)CCC(=O)OC1[C@@H](CO[Si](C)(C)C(C)(C)C)O[C@@H](n2cc3c4c(ncnc42)N(C)N=C3N)[C@H]1OC(=O)CCC(C)=O.CC(=O)CCC(=O)OC1[C@@H](CO[Si](C)(C)C(C)(C)C)O[C@@H](n2cc3c4c(ncnc42)N(C)N=C3N)[C@H]1OC(=O)CCC(C)=O. The molecule has 0 saturated carbocycles. The van der Waals surface area contributed by atoms with Crippen molar-refractivity contribution in [2.24, 2.45) is 32.5 Å². The lowest BCUT2D eigenvalue weighted by Crippen LogP contribution is -2.46. The van der Waals surface area contributed by atoms with Crippen molar-refractivity contribution in [1.82, 2.24) is 43.6 Å². The minimum atomic E-state index is -2.29. The molecule has 6 aliphatic heterocycles. The molecule has 125 heavy (non-hydrogen) atoms. The molecule has 42 nitrogen and oxygen atoms in total. The number of anilines is 3. The zero-order valence-corrected chi connectivity index (χ0v) is 75.8. The summed E-state index contributed by atoms with van der Waals surface area (Å²) in [5.41, 5.74) is 21.6. The molecular weight excluding hydrogens is 1670 g/mol. The zero-order chi connectivity index (χ0) is 92.0. The number of hydrazone groups is 3. The summed E-state index contributed by atoms with van der Waals surface area (Å²) in [7, 11) is 0.527. The normalized spacial score (nSPS) is 22.0. The van der Waals surface area contributed by atoms with Gasteiger partial charge in [-0.15, -0.1) is 0 Å². The molecule has 0 radical (unpaired) electrons. The Morgan fingerprint density at radius 3 is 0.816 bits per heavy atom. The van der Waals surface area contributed by atoms with Gasteiger partial charge in [0.05, 0.1) is 74.5 Å². The van der Waals surface area contributed by atoms with Gasteiger partial charge in [0.25, 0.3) is 0 Å². The largest absolute Gasteiger partial charge is 0.455 e. The molecule has 0 amide bonds. The van der Waals surface area contributed by atoms with Crippen molar-refractivity contribution >= 4 is 155 Å². The number of hydrogen-bond donors (Lipinski definition) is 4. The molecule has 0 aromatic carbocycles. The van der Waals surface area contributed by atoms with Crippen LogP contribution in [0.1, 0.15) is 196 Å². The number of nitrogens with two attached hydrogens (primary N) is 3. The number of nitrogens with zero attached hydrogens (tertiary/aromatic N) is 15. The van der Waals surface area contributed by atoms with Gasteiger partial charge in [-0.2, -0.15) is 15.3 Å². The smallest absolute Gasteiger partial charge is 0.306 e. The molecule has 3 fully saturated rings. The molecular formula is C81H112N18O24Si2. The number of aromatic nitrogens is 9. The summed E-state index contributed by atoms with van der Waals surface area (Å²) < 4.78 is 71.9. The number of Topliss-reactive ketones (excluding diaryl/α,β-unsaturated/α-hetero) is 6. The van der Waals surface area contributed by atoms with Crippen LogP contribution in [0.25, 0.3) is 33.1 Å². The van der Waals surface area contributed by atoms with Crippen LogP contribution in [0.3, 0.4) is 0 Å². The maximum Gasteiger partial charge on any atom is 0.306 e. The number of aliphatic hydroxyl groups is 1. The Balaban J connectivity index is 0.000000197. The van der Waals surface area contributed by atoms with Crippen molar-refractivity contribution in [3.05, 3.63) is 54.3 Å². The van der Waals surface area contributed by atoms with E-state index in [0.717, 1.165) is 0 Å². The molecule has 0 aliphatic carbocycles. The lowest BCUT2D eigenvalue weighted by molar-refractivity contribution is -0.169. The van der Waals surface area contributed by atoms with E-state index < -0.39 is 133 Å². The second-order valence-electron chi connectivity index (χ2n) is 34.5. The molecule has 3 saturated heterocycles. The van der Waals surface area contributed by atoms with Gasteiger partial charge < -0.3 is 116 Å². The monoisotopic (exact) mass is 1780 g/mol. The molecule has 0 spiro atoms. The average Bonchev–Trinajstić information content (AvgIpc) is 1.59. The Hall–Kier alpha value is -11.3. The molecule has 6 aromatic heterocycles. The third-order valence-corrected chi connectivity index (χ3v) is 31.7. The van der Waals surface area contributed by atoms with E-state index in [-0.39, 0.29) is 153 Å². The van der Waals surface area contributed by atoms with Gasteiger partial charge in [-0.25, -0.2) is 44.9 Å². The van der Waals surface area contributed by atoms with E-state index in [1.807, 2.05) is 0 Å². The standard InChI is InChI=1S/2C29H42N6O8Si.C23H28N6O8/c2*1-16(36)9-11-20(38)42-23-19(14-40-44(7,8)29(3,4)5)41-28(24(23)43-21(39)12-10-17(2)37)35-13-18-22-26(31-15-32-27(22)35)34(6)33-25(18)30;1-11(31)4-6-15(33)36-18-14(9-30)35-23(19(18)37-16(34)7-5-12(2)32)29-8-13-17-21(25-10-26-22(17)29)28(3)27-20(13)24/h2*13,15,19,23-24,28H,9-12,14H2,1-8H3,(H2,30,33);8,10,14,18-19,23,30H,4-7,9H2,1-3H3,(H2,24,27)/t2*19-,23?,24+,28-;14-,18?,19+,23-/m111/s1. The van der Waals surface area contributed by atoms with E-state index in [0.29, 0.717) is 67.2 Å². The number of rotatable bonds is 34. The van der Waals surface area contributed by atoms with Gasteiger partial charge >= 0.3 is 35.8 Å². The first-order chi connectivity index (χ1) is 58.6. The van der Waals surface area contributed by atoms with E-state index in [2.05, 4.69) is 113 Å². The van der Waals surface area contributed by atoms with Crippen LogP contribution < -0.4 is 32.2 Å². The Morgan fingerprint density at radius 1 is 0.368 bits per heavy atom. The van der Waals surface area contributed by atoms with Crippen LogP contribution in [-0.2, 0) is 109 Å². The van der Waals surface area contributed by atoms with E-state index >= 15 is 0 Å². The van der Waals surface area contributed by atoms with Gasteiger partial charge in [0.2, 0.25) is 0 Å². The number of aliphatic hydroxyl groups excluding tert-OH is 1. The fourth-order valence-electron chi connectivity index (χ4n) is 13.9. The highest BCUT2D eigenvalue weighted by Gasteiger charge is 2.56. The number of ether oxygens (including phenoxy) is 9. The summed E-state index contributed by atoms with van der Waals surface area (Å²) in [4.78, 5) is 173. The van der Waals surface area contributed by atoms with Crippen LogP contribution in [0.4, 0.5) is 17.5 Å². The third-order valence-electron chi connectivity index (χ3n) is 22.7. The molecule has 6 aliphatic rings. The molecule has 3 unspecified atom stereocenters. The predicted octanol–water partition coefficient (Wildman–Crippen LogP) is 5.92. The van der Waals surface area contributed by atoms with Crippen molar-refractivity contribution in [2.75, 3.05) is 56.0 Å². The van der Waals surface area contributed by atoms with Crippen molar-refractivity contribution in [3.8, 4) is 0 Å². The average molecular weight is 1780 g/mol. The quantitative estimate of drug-likeness (QED) is 0.0207. The maximum absolute atomic E-state index is 13.0. The van der Waals surface area contributed by atoms with Gasteiger partial charge in [-0.05, 0) is 77.8 Å². The van der Waals surface area contributed by atoms with Crippen LogP contribution in [0, 0.1) is 0 Å². The van der Waals surface area contributed by atoms with Crippen molar-refractivity contribution in [3.63, 3.8) is 0 Å². The Labute approximate surface area is 722 Å². The second-order valence-corrected chi connectivity index (χ2v) is 44.1. The van der Waals surface area contributed by atoms with Gasteiger partial charge in [0.1, 0.15) is 88.9 Å². The maximum atomic E-state index is 13.0. The Kier molecular flexibility index (Phi) is 30.3. The summed E-state index contributed by atoms with van der Waals surface area (Å²) in [6, 6.07) is 0. The molecule has 44 heteroatoms. The lowest BCUT2D eigenvalue weighted by atomic mass is 10.1. The lowest BCUT2D eigenvalue weighted by Gasteiger charge is -2.37. The summed E-state index contributed by atoms with van der Waals surface area (Å²) >= 11 is 0. The number of esters is 6. The molecule has 12 atom stereocenters. The second kappa shape index (κ2) is 39.5. The molecule has 0 bridgehead atoms. The predicted molar refractivity (Wildman–Crippen MR) is 454 cm³/mol. The zero-order valence-electron chi connectivity index (χ0n) is 73.8. The summed E-state index contributed by atoms with van der Waals surface area (Å²) in [6.45, 7) is 28.8. The molecule has 7 N–H and O–H groups in total. The topological polar surface area (TPSA) is 544 Å². The molecule has 678 valence electrons. The number of carbonyl (C=O) groups is 12. The summed E-state index contributed by atoms with van der Waals surface area (Å²) in [6.07, 6.45) is -4.75. The van der Waals surface area contributed by atoms with Crippen molar-refractivity contribution in [1.29, 1.82) is 0 Å². The molecule has 12 heterocycles. The van der Waals surface area contributed by atoms with Gasteiger partial charge in [0.15, 0.2) is 107 Å². The minimum Gasteiger partial charge on any atom is -0.455 e. The van der Waals surface area contributed by atoms with Crippen LogP contribution in [0.5, 0.6) is 0 Å². The molecule has 12 rings (SSSR count). The highest BCUT2D eigenvalue weighted by Crippen LogP contribution is 2.46. The van der Waals surface area contributed by atoms with E-state index in [1.165, 1.54) is 65.5 Å². The summed E-state index contributed by atoms with van der Waals surface area (Å²) in [5.74, 6) is -2.89. The number of ketones is 6. The third kappa shape index (κ3) is 22.3. The molecule has 6 aromatic rings. The van der Waals surface area contributed by atoms with Crippen molar-refractivity contribution in [2.45, 2.75) is 270 Å². The number of carbonyl (C=O) groups excluding carboxylic acids is 12. The first-order valence-corrected chi connectivity index (χ1v) is 46.7. The van der Waals surface area contributed by atoms with Crippen molar-refractivity contribution < 1.29 is 114 Å². The van der Waals surface area contributed by atoms with Gasteiger partial charge in [0, 0.05) is 94.9 Å². The van der Waals surface area contributed by atoms with Gasteiger partial charge in [-0.1, -0.05) is 41.5 Å². The van der Waals surface area contributed by atoms with E-state index in [9.17, 15) is 62.6 Å². The first kappa shape index (κ1) is 95.9. The number of hydrogen-bond acceptors (Lipinski definition) is 39. The van der Waals surface area contributed by atoms with E-state index in [1.54, 1.807) is 63.5 Å². The highest BCUT2D eigenvalue weighted by atomic mass is 28.4. The fraction of sp³-hybridized carbons (Fsp3) is 0.593. The number of amidine groups is 3. The van der Waals surface area contributed by atoms with Crippen LogP contribution in [0.2, 0.25) is 36.3 Å². The van der Waals surface area contributed by atoms with E-state index in [4.69, 9.17) is 68.7 Å². The van der Waals surface area contributed by atoms with Crippen LogP contribution in [0.15, 0.2) is 52.9 Å². The fourth-order valence-corrected chi connectivity index (χ4v) is 15.9.